The second-order valence-corrected chi connectivity index (χ2v) is 10.2. The average Bonchev–Trinajstić information content (AvgIpc) is 3.27. The van der Waals surface area contributed by atoms with Crippen LogP contribution in [0.2, 0.25) is 0 Å². The molecule has 1 N–H and O–H groups in total. The summed E-state index contributed by atoms with van der Waals surface area (Å²) in [6, 6.07) is 24.0. The predicted octanol–water partition coefficient (Wildman–Crippen LogP) is 5.22. The minimum Gasteiger partial charge on any atom is -0.483 e. The van der Waals surface area contributed by atoms with Gasteiger partial charge in [-0.25, -0.2) is 4.98 Å². The lowest BCUT2D eigenvalue weighted by Crippen LogP contribution is -2.38. The number of nitrogens with zero attached hydrogens (tertiary/aromatic N) is 3. The number of aromatic nitrogens is 2. The van der Waals surface area contributed by atoms with E-state index < -0.39 is 0 Å². The van der Waals surface area contributed by atoms with Crippen molar-refractivity contribution in [2.24, 2.45) is 0 Å². The molecule has 7 heteroatoms. The highest BCUT2D eigenvalue weighted by molar-refractivity contribution is 5.81. The van der Waals surface area contributed by atoms with Crippen molar-refractivity contribution in [1.29, 1.82) is 0 Å². The maximum absolute atomic E-state index is 13.5. The Balaban J connectivity index is 1.37. The molecule has 1 aromatic heterocycles. The Morgan fingerprint density at radius 2 is 1.74 bits per heavy atom. The van der Waals surface area contributed by atoms with Crippen molar-refractivity contribution in [1.82, 2.24) is 19.8 Å². The van der Waals surface area contributed by atoms with Crippen LogP contribution in [0.5, 0.6) is 5.75 Å². The zero-order valence-electron chi connectivity index (χ0n) is 23.3. The predicted molar refractivity (Wildman–Crippen MR) is 155 cm³/mol. The summed E-state index contributed by atoms with van der Waals surface area (Å²) in [7, 11) is 0. The number of carbonyl (C=O) groups excluding carboxylic acids is 2. The molecule has 0 atom stereocenters. The normalized spacial score (nSPS) is 11.1. The van der Waals surface area contributed by atoms with Crippen molar-refractivity contribution in [2.45, 2.75) is 59.7 Å². The third kappa shape index (κ3) is 7.47. The molecule has 0 aliphatic heterocycles. The van der Waals surface area contributed by atoms with Gasteiger partial charge in [0.25, 0.3) is 5.91 Å². The van der Waals surface area contributed by atoms with Crippen molar-refractivity contribution in [3.8, 4) is 5.75 Å². The van der Waals surface area contributed by atoms with Gasteiger partial charge >= 0.3 is 0 Å². The Labute approximate surface area is 230 Å². The zero-order chi connectivity index (χ0) is 27.8. The Morgan fingerprint density at radius 1 is 1.00 bits per heavy atom. The van der Waals surface area contributed by atoms with Gasteiger partial charge < -0.3 is 19.5 Å². The average molecular weight is 527 g/mol. The summed E-state index contributed by atoms with van der Waals surface area (Å²) in [6.45, 7) is 9.30. The fraction of sp³-hybridized carbons (Fsp3) is 0.344. The summed E-state index contributed by atoms with van der Waals surface area (Å²) in [4.78, 5) is 32.6. The van der Waals surface area contributed by atoms with Crippen LogP contribution in [0.4, 0.5) is 0 Å². The van der Waals surface area contributed by atoms with Gasteiger partial charge in [-0.15, -0.1) is 0 Å². The summed E-state index contributed by atoms with van der Waals surface area (Å²) in [5.74, 6) is 1.46. The van der Waals surface area contributed by atoms with E-state index in [1.54, 1.807) is 0 Å². The Bertz CT molecular complexity index is 1410. The first-order valence-electron chi connectivity index (χ1n) is 13.6. The zero-order valence-corrected chi connectivity index (χ0v) is 23.3. The van der Waals surface area contributed by atoms with Crippen molar-refractivity contribution < 1.29 is 14.3 Å². The molecule has 4 aromatic rings. The lowest BCUT2D eigenvalue weighted by atomic mass is 10.1. The SMILES string of the molecule is Cc1ccc(C)c(OCC(=O)NCCCc2nc3ccccc3n2CC(=O)N(Cc2ccccc2)C(C)C)c1. The number of nitrogens with one attached hydrogen (secondary N) is 1. The molecular formula is C32H38N4O3. The van der Waals surface area contributed by atoms with Gasteiger partial charge in [0.15, 0.2) is 6.61 Å². The molecule has 0 aliphatic carbocycles. The van der Waals surface area contributed by atoms with E-state index >= 15 is 0 Å². The molecule has 2 amide bonds. The summed E-state index contributed by atoms with van der Waals surface area (Å²) < 4.78 is 7.73. The van der Waals surface area contributed by atoms with E-state index in [1.807, 2.05) is 110 Å². The van der Waals surface area contributed by atoms with E-state index in [1.165, 1.54) is 0 Å². The topological polar surface area (TPSA) is 76.5 Å². The molecule has 0 saturated heterocycles. The van der Waals surface area contributed by atoms with E-state index in [-0.39, 0.29) is 31.0 Å². The van der Waals surface area contributed by atoms with Gasteiger partial charge in [-0.3, -0.25) is 9.59 Å². The van der Waals surface area contributed by atoms with Crippen LogP contribution in [0.15, 0.2) is 72.8 Å². The van der Waals surface area contributed by atoms with Crippen LogP contribution in [-0.2, 0) is 29.1 Å². The Kier molecular flexibility index (Phi) is 9.36. The number of ether oxygens (including phenoxy) is 1. The monoisotopic (exact) mass is 526 g/mol. The number of aryl methyl sites for hydroxylation is 3. The van der Waals surface area contributed by atoms with Crippen LogP contribution >= 0.6 is 0 Å². The molecule has 1 heterocycles. The fourth-order valence-corrected chi connectivity index (χ4v) is 4.59. The molecule has 0 bridgehead atoms. The summed E-state index contributed by atoms with van der Waals surface area (Å²) in [5.41, 5.74) is 5.00. The number of benzene rings is 3. The molecule has 3 aromatic carbocycles. The number of imidazole rings is 1. The highest BCUT2D eigenvalue weighted by Gasteiger charge is 2.21. The summed E-state index contributed by atoms with van der Waals surface area (Å²) in [6.07, 6.45) is 1.34. The second-order valence-electron chi connectivity index (χ2n) is 10.2. The number of amides is 2. The van der Waals surface area contributed by atoms with Gasteiger partial charge in [-0.2, -0.15) is 0 Å². The van der Waals surface area contributed by atoms with Gasteiger partial charge in [-0.05, 0) is 69.0 Å². The molecule has 0 spiro atoms. The van der Waals surface area contributed by atoms with Crippen LogP contribution in [0, 0.1) is 13.8 Å². The number of carbonyl (C=O) groups is 2. The van der Waals surface area contributed by atoms with Gasteiger partial charge in [0.2, 0.25) is 5.91 Å². The highest BCUT2D eigenvalue weighted by Crippen LogP contribution is 2.20. The number of fused-ring (bicyclic) bond motifs is 1. The first-order valence-corrected chi connectivity index (χ1v) is 13.6. The molecule has 0 fully saturated rings. The van der Waals surface area contributed by atoms with Crippen molar-refractivity contribution >= 4 is 22.8 Å². The standard InChI is InChI=1S/C32H38N4O3/c1-23(2)35(20-26-11-6-5-7-12-26)32(38)21-36-28-14-9-8-13-27(28)34-30(36)15-10-18-33-31(37)22-39-29-19-24(3)16-17-25(29)4/h5-9,11-14,16-17,19,23H,10,15,18,20-22H2,1-4H3,(H,33,37). The third-order valence-corrected chi connectivity index (χ3v) is 6.77. The lowest BCUT2D eigenvalue weighted by Gasteiger charge is -2.27. The van der Waals surface area contributed by atoms with Crippen molar-refractivity contribution in [2.75, 3.05) is 13.2 Å². The maximum atomic E-state index is 13.5. The van der Waals surface area contributed by atoms with Crippen molar-refractivity contribution in [3.63, 3.8) is 0 Å². The van der Waals surface area contributed by atoms with Gasteiger partial charge in [0, 0.05) is 25.6 Å². The molecular weight excluding hydrogens is 488 g/mol. The number of para-hydroxylation sites is 2. The van der Waals surface area contributed by atoms with E-state index in [4.69, 9.17) is 9.72 Å². The van der Waals surface area contributed by atoms with Crippen LogP contribution < -0.4 is 10.1 Å². The Hall–Kier alpha value is -4.13. The second kappa shape index (κ2) is 13.1. The molecule has 0 unspecified atom stereocenters. The maximum Gasteiger partial charge on any atom is 0.257 e. The van der Waals surface area contributed by atoms with Crippen LogP contribution in [-0.4, -0.2) is 45.5 Å². The van der Waals surface area contributed by atoms with Gasteiger partial charge in [-0.1, -0.05) is 54.6 Å². The number of hydrogen-bond donors (Lipinski definition) is 1. The quantitative estimate of drug-likeness (QED) is 0.257. The number of rotatable bonds is 12. The smallest absolute Gasteiger partial charge is 0.257 e. The van der Waals surface area contributed by atoms with E-state index in [2.05, 4.69) is 5.32 Å². The molecule has 7 nitrogen and oxygen atoms in total. The van der Waals surface area contributed by atoms with Crippen LogP contribution in [0.25, 0.3) is 11.0 Å². The highest BCUT2D eigenvalue weighted by atomic mass is 16.5. The minimum absolute atomic E-state index is 0.0240. The molecule has 0 radical (unpaired) electrons. The van der Waals surface area contributed by atoms with Gasteiger partial charge in [0.05, 0.1) is 11.0 Å². The first-order chi connectivity index (χ1) is 18.8. The first kappa shape index (κ1) is 27.9. The molecule has 0 saturated carbocycles. The van der Waals surface area contributed by atoms with Crippen LogP contribution in [0.3, 0.4) is 0 Å². The summed E-state index contributed by atoms with van der Waals surface area (Å²) in [5, 5.41) is 2.94. The molecule has 0 aliphatic rings. The van der Waals surface area contributed by atoms with E-state index in [0.717, 1.165) is 39.3 Å². The van der Waals surface area contributed by atoms with Gasteiger partial charge in [0.1, 0.15) is 18.1 Å². The lowest BCUT2D eigenvalue weighted by molar-refractivity contribution is -0.134. The largest absolute Gasteiger partial charge is 0.483 e. The number of hydrogen-bond acceptors (Lipinski definition) is 4. The molecule has 4 rings (SSSR count). The van der Waals surface area contributed by atoms with E-state index in [9.17, 15) is 9.59 Å². The van der Waals surface area contributed by atoms with E-state index in [0.29, 0.717) is 25.9 Å². The molecule has 204 valence electrons. The molecule has 39 heavy (non-hydrogen) atoms. The minimum atomic E-state index is -0.159. The fourth-order valence-electron chi connectivity index (χ4n) is 4.59. The van der Waals surface area contributed by atoms with Crippen LogP contribution in [0.1, 0.15) is 42.8 Å². The van der Waals surface area contributed by atoms with Crippen molar-refractivity contribution in [3.05, 3.63) is 95.3 Å². The Morgan fingerprint density at radius 3 is 2.51 bits per heavy atom. The third-order valence-electron chi connectivity index (χ3n) is 6.77. The summed E-state index contributed by atoms with van der Waals surface area (Å²) >= 11 is 0.